The van der Waals surface area contributed by atoms with Crippen molar-refractivity contribution < 1.29 is 22.8 Å². The highest BCUT2D eigenvalue weighted by Gasteiger charge is 2.32. The van der Waals surface area contributed by atoms with Gasteiger partial charge in [0.25, 0.3) is 0 Å². The van der Waals surface area contributed by atoms with E-state index in [2.05, 4.69) is 10.5 Å². The Kier molecular flexibility index (Phi) is 5.15. The van der Waals surface area contributed by atoms with E-state index in [9.17, 15) is 13.6 Å². The number of halogens is 2. The lowest BCUT2D eigenvalue weighted by Gasteiger charge is -2.32. The van der Waals surface area contributed by atoms with Crippen LogP contribution in [0.1, 0.15) is 23.7 Å². The molecule has 1 aliphatic heterocycles. The van der Waals surface area contributed by atoms with Gasteiger partial charge in [0.1, 0.15) is 5.75 Å². The Morgan fingerprint density at radius 2 is 2.10 bits per heavy atom. The zero-order valence-corrected chi connectivity index (χ0v) is 16.8. The third kappa shape index (κ3) is 3.60. The number of fused-ring (bicyclic) bond motifs is 1. The largest absolute Gasteiger partial charge is 0.497 e. The molecule has 0 aliphatic carbocycles. The molecule has 0 unspecified atom stereocenters. The second-order valence-corrected chi connectivity index (χ2v) is 7.37. The van der Waals surface area contributed by atoms with Crippen LogP contribution in [0.25, 0.3) is 11.3 Å². The van der Waals surface area contributed by atoms with E-state index >= 15 is 0 Å². The lowest BCUT2D eigenvalue weighted by Crippen LogP contribution is -2.44. The van der Waals surface area contributed by atoms with Gasteiger partial charge < -0.3 is 19.5 Å². The number of amides is 2. The molecule has 2 amide bonds. The highest BCUT2D eigenvalue weighted by Crippen LogP contribution is 2.34. The number of carbonyl (C=O) groups excluding carboxylic acids is 1. The molecular weight excluding hydrogens is 392 g/mol. The molecule has 0 saturated carbocycles. The van der Waals surface area contributed by atoms with Gasteiger partial charge in [0.15, 0.2) is 17.4 Å². The molecule has 1 atom stereocenters. The molecule has 1 N–H and O–H groups in total. The fraction of sp³-hybridized carbons (Fsp3) is 0.273. The Balaban J connectivity index is 1.60. The summed E-state index contributed by atoms with van der Waals surface area (Å²) in [6, 6.07) is 9.23. The van der Waals surface area contributed by atoms with Crippen LogP contribution in [0.15, 0.2) is 40.9 Å². The number of urea groups is 1. The van der Waals surface area contributed by atoms with Gasteiger partial charge in [0.2, 0.25) is 0 Å². The van der Waals surface area contributed by atoms with Crippen LogP contribution < -0.4 is 10.1 Å². The van der Waals surface area contributed by atoms with E-state index in [1.54, 1.807) is 12.0 Å². The van der Waals surface area contributed by atoms with Gasteiger partial charge in [-0.3, -0.25) is 0 Å². The van der Waals surface area contributed by atoms with Crippen LogP contribution in [0.4, 0.5) is 19.3 Å². The van der Waals surface area contributed by atoms with Gasteiger partial charge in [-0.25, -0.2) is 13.6 Å². The number of ether oxygens (including phenoxy) is 1. The van der Waals surface area contributed by atoms with Crippen molar-refractivity contribution in [1.82, 2.24) is 10.1 Å². The summed E-state index contributed by atoms with van der Waals surface area (Å²) in [5.41, 5.74) is 2.74. The third-order valence-corrected chi connectivity index (χ3v) is 5.27. The molecule has 1 aliphatic rings. The number of rotatable bonds is 3. The van der Waals surface area contributed by atoms with E-state index < -0.39 is 17.7 Å². The average molecular weight is 413 g/mol. The van der Waals surface area contributed by atoms with Crippen LogP contribution in [-0.4, -0.2) is 29.2 Å². The molecule has 0 fully saturated rings. The third-order valence-electron chi connectivity index (χ3n) is 5.27. The van der Waals surface area contributed by atoms with Crippen molar-refractivity contribution in [3.63, 3.8) is 0 Å². The van der Waals surface area contributed by atoms with Crippen molar-refractivity contribution in [3.8, 4) is 17.1 Å². The molecule has 30 heavy (non-hydrogen) atoms. The Morgan fingerprint density at radius 1 is 1.30 bits per heavy atom. The fourth-order valence-electron chi connectivity index (χ4n) is 3.64. The maximum Gasteiger partial charge on any atom is 0.322 e. The van der Waals surface area contributed by atoms with Gasteiger partial charge in [-0.2, -0.15) is 0 Å². The predicted molar refractivity (Wildman–Crippen MR) is 107 cm³/mol. The van der Waals surface area contributed by atoms with Crippen LogP contribution >= 0.6 is 0 Å². The molecule has 156 valence electrons. The normalized spacial score (nSPS) is 15.6. The minimum atomic E-state index is -1.00. The molecular formula is C22H21F2N3O3. The molecule has 0 spiro atoms. The number of benzene rings is 2. The molecule has 3 aromatic rings. The van der Waals surface area contributed by atoms with Crippen molar-refractivity contribution in [2.24, 2.45) is 0 Å². The number of nitrogens with one attached hydrogen (secondary N) is 1. The number of hydrogen-bond donors (Lipinski definition) is 1. The van der Waals surface area contributed by atoms with E-state index in [4.69, 9.17) is 9.26 Å². The Morgan fingerprint density at radius 3 is 2.83 bits per heavy atom. The second-order valence-electron chi connectivity index (χ2n) is 7.37. The number of methoxy groups -OCH3 is 1. The summed E-state index contributed by atoms with van der Waals surface area (Å²) in [6.07, 6.45) is 0.521. The van der Waals surface area contributed by atoms with Gasteiger partial charge in [0, 0.05) is 35.3 Å². The fourth-order valence-corrected chi connectivity index (χ4v) is 3.64. The van der Waals surface area contributed by atoms with E-state index in [0.29, 0.717) is 17.9 Å². The molecule has 2 heterocycles. The van der Waals surface area contributed by atoms with E-state index in [-0.39, 0.29) is 23.8 Å². The minimum absolute atomic E-state index is 0.124. The smallest absolute Gasteiger partial charge is 0.322 e. The van der Waals surface area contributed by atoms with Crippen LogP contribution in [0, 0.1) is 18.6 Å². The summed E-state index contributed by atoms with van der Waals surface area (Å²) in [7, 11) is 1.59. The number of aryl methyl sites for hydroxylation is 1. The van der Waals surface area contributed by atoms with Crippen molar-refractivity contribution in [1.29, 1.82) is 0 Å². The summed E-state index contributed by atoms with van der Waals surface area (Å²) in [5.74, 6) is -0.655. The topological polar surface area (TPSA) is 67.6 Å². The van der Waals surface area contributed by atoms with Crippen molar-refractivity contribution in [2.45, 2.75) is 32.9 Å². The first-order valence-corrected chi connectivity index (χ1v) is 9.52. The van der Waals surface area contributed by atoms with Gasteiger partial charge in [-0.15, -0.1) is 0 Å². The maximum atomic E-state index is 13.7. The van der Waals surface area contributed by atoms with Crippen molar-refractivity contribution in [3.05, 3.63) is 64.9 Å². The van der Waals surface area contributed by atoms with Crippen LogP contribution in [0.3, 0.4) is 0 Å². The molecule has 0 saturated heterocycles. The Hall–Kier alpha value is -3.42. The first-order valence-electron chi connectivity index (χ1n) is 9.52. The number of carbonyl (C=O) groups is 1. The number of hydrogen-bond acceptors (Lipinski definition) is 4. The Labute approximate surface area is 172 Å². The molecule has 8 heteroatoms. The lowest BCUT2D eigenvalue weighted by molar-refractivity contribution is 0.182. The molecule has 0 bridgehead atoms. The van der Waals surface area contributed by atoms with Gasteiger partial charge >= 0.3 is 6.03 Å². The molecule has 0 radical (unpaired) electrons. The van der Waals surface area contributed by atoms with Gasteiger partial charge in [0.05, 0.1) is 19.3 Å². The van der Waals surface area contributed by atoms with Crippen LogP contribution in [0.2, 0.25) is 0 Å². The number of aromatic nitrogens is 1. The van der Waals surface area contributed by atoms with Crippen LogP contribution in [-0.2, 0) is 13.0 Å². The van der Waals surface area contributed by atoms with Crippen molar-refractivity contribution in [2.75, 3.05) is 12.4 Å². The summed E-state index contributed by atoms with van der Waals surface area (Å²) >= 11 is 0. The van der Waals surface area contributed by atoms with Crippen molar-refractivity contribution >= 4 is 11.7 Å². The van der Waals surface area contributed by atoms with Gasteiger partial charge in [-0.05, 0) is 37.6 Å². The predicted octanol–water partition coefficient (Wildman–Crippen LogP) is 4.92. The highest BCUT2D eigenvalue weighted by atomic mass is 19.2. The first kappa shape index (κ1) is 19.9. The number of nitrogens with zero attached hydrogens (tertiary/aromatic N) is 2. The standard InChI is InChI=1S/C22H21F2N3O3/c1-12-7-15(10-18(23)20(12)24)25-22(28)27-11-17-19(8-13(27)2)26-30-21(17)14-5-4-6-16(9-14)29-3/h4-7,9-10,13H,8,11H2,1-3H3,(H,25,28)/t13-/m0/s1. The summed E-state index contributed by atoms with van der Waals surface area (Å²) < 4.78 is 38.1. The lowest BCUT2D eigenvalue weighted by atomic mass is 9.97. The molecule has 4 rings (SSSR count). The first-order chi connectivity index (χ1) is 14.4. The second kappa shape index (κ2) is 7.78. The zero-order chi connectivity index (χ0) is 21.4. The van der Waals surface area contributed by atoms with Gasteiger partial charge in [-0.1, -0.05) is 17.3 Å². The maximum absolute atomic E-state index is 13.7. The molecule has 1 aromatic heterocycles. The van der Waals surface area contributed by atoms with E-state index in [1.807, 2.05) is 31.2 Å². The summed E-state index contributed by atoms with van der Waals surface area (Å²) in [4.78, 5) is 14.5. The Bertz CT molecular complexity index is 1090. The summed E-state index contributed by atoms with van der Waals surface area (Å²) in [5, 5.41) is 6.84. The number of anilines is 1. The quantitative estimate of drug-likeness (QED) is 0.662. The van der Waals surface area contributed by atoms with Crippen LogP contribution in [0.5, 0.6) is 5.75 Å². The monoisotopic (exact) mass is 413 g/mol. The molecule has 6 nitrogen and oxygen atoms in total. The average Bonchev–Trinajstić information content (AvgIpc) is 3.14. The zero-order valence-electron chi connectivity index (χ0n) is 16.8. The van der Waals surface area contributed by atoms with E-state index in [1.165, 1.54) is 13.0 Å². The minimum Gasteiger partial charge on any atom is -0.497 e. The molecule has 2 aromatic carbocycles. The van der Waals surface area contributed by atoms with E-state index in [0.717, 1.165) is 22.9 Å². The summed E-state index contributed by atoms with van der Waals surface area (Å²) in [6.45, 7) is 3.63. The SMILES string of the molecule is COc1cccc(-c2onc3c2CN(C(=O)Nc2cc(C)c(F)c(F)c2)[C@@H](C)C3)c1. The highest BCUT2D eigenvalue weighted by molar-refractivity contribution is 5.90.